The van der Waals surface area contributed by atoms with Gasteiger partial charge in [-0.1, -0.05) is 58.0 Å². The summed E-state index contributed by atoms with van der Waals surface area (Å²) in [6.45, 7) is 10.0. The molecule has 1 unspecified atom stereocenters. The van der Waals surface area contributed by atoms with Crippen molar-refractivity contribution in [3.63, 3.8) is 0 Å². The number of aryl methyl sites for hydroxylation is 1. The highest BCUT2D eigenvalue weighted by molar-refractivity contribution is 5.91. The molecule has 1 N–H and O–H groups in total. The van der Waals surface area contributed by atoms with Crippen LogP contribution in [0.25, 0.3) is 11.3 Å². The maximum Gasteiger partial charge on any atom is 0.224 e. The van der Waals surface area contributed by atoms with E-state index in [4.69, 9.17) is 4.42 Å². The van der Waals surface area contributed by atoms with Gasteiger partial charge in [-0.15, -0.1) is 0 Å². The van der Waals surface area contributed by atoms with E-state index in [1.54, 1.807) is 0 Å². The Kier molecular flexibility index (Phi) is 7.97. The van der Waals surface area contributed by atoms with E-state index in [0.29, 0.717) is 31.8 Å². The van der Waals surface area contributed by atoms with Crippen LogP contribution in [0.1, 0.15) is 63.8 Å². The molecule has 5 heteroatoms. The normalized spacial score (nSPS) is 14.3. The third-order valence-corrected chi connectivity index (χ3v) is 6.64. The maximum absolute atomic E-state index is 12.8. The minimum atomic E-state index is 0.0463. The number of carbonyl (C=O) groups excluding carboxylic acids is 2. The number of furan rings is 1. The Bertz CT molecular complexity index is 1170. The lowest BCUT2D eigenvalue weighted by Crippen LogP contribution is -2.35. The Balaban J connectivity index is 1.32. The molecule has 1 aliphatic heterocycles. The van der Waals surface area contributed by atoms with Gasteiger partial charge in [0.1, 0.15) is 11.5 Å². The highest BCUT2D eigenvalue weighted by Gasteiger charge is 2.24. The van der Waals surface area contributed by atoms with Crippen molar-refractivity contribution in [2.24, 2.45) is 11.3 Å². The van der Waals surface area contributed by atoms with Gasteiger partial charge in [0.2, 0.25) is 11.8 Å². The monoisotopic (exact) mass is 486 g/mol. The first-order chi connectivity index (χ1) is 17.2. The van der Waals surface area contributed by atoms with E-state index in [-0.39, 0.29) is 17.2 Å². The number of hydrogen-bond donors (Lipinski definition) is 1. The third-order valence-electron chi connectivity index (χ3n) is 6.64. The summed E-state index contributed by atoms with van der Waals surface area (Å²) in [7, 11) is 0. The van der Waals surface area contributed by atoms with E-state index in [1.165, 1.54) is 5.56 Å². The molecular weight excluding hydrogens is 448 g/mol. The van der Waals surface area contributed by atoms with E-state index in [9.17, 15) is 9.59 Å². The standard InChI is InChI=1S/C31H38N2O3/c1-22(20-31(2,3)4)18-29(34)32-26-13-11-24(12-14-26)28-19-25-21-33(17-16-27(25)36-28)30(35)15-10-23-8-6-5-7-9-23/h5-9,11-14,19,22H,10,15-18,20-21H2,1-4H3,(H,32,34). The summed E-state index contributed by atoms with van der Waals surface area (Å²) in [5.41, 5.74) is 4.24. The van der Waals surface area contributed by atoms with Crippen molar-refractivity contribution in [3.8, 4) is 11.3 Å². The molecule has 4 rings (SSSR count). The number of carbonyl (C=O) groups is 2. The number of amides is 2. The number of benzene rings is 2. The zero-order chi connectivity index (χ0) is 25.7. The zero-order valence-corrected chi connectivity index (χ0v) is 22.0. The number of nitrogens with one attached hydrogen (secondary N) is 1. The first-order valence-electron chi connectivity index (χ1n) is 13.0. The molecule has 0 aliphatic carbocycles. The van der Waals surface area contributed by atoms with Crippen molar-refractivity contribution >= 4 is 17.5 Å². The smallest absolute Gasteiger partial charge is 0.224 e. The predicted molar refractivity (Wildman–Crippen MR) is 145 cm³/mol. The lowest BCUT2D eigenvalue weighted by molar-refractivity contribution is -0.132. The second-order valence-electron chi connectivity index (χ2n) is 11.3. The lowest BCUT2D eigenvalue weighted by atomic mass is 9.84. The van der Waals surface area contributed by atoms with E-state index in [1.807, 2.05) is 53.4 Å². The van der Waals surface area contributed by atoms with Crippen LogP contribution in [0.2, 0.25) is 0 Å². The summed E-state index contributed by atoms with van der Waals surface area (Å²) < 4.78 is 6.14. The number of hydrogen-bond acceptors (Lipinski definition) is 3. The highest BCUT2D eigenvalue weighted by Crippen LogP contribution is 2.31. The van der Waals surface area contributed by atoms with Gasteiger partial charge < -0.3 is 14.6 Å². The molecule has 2 amide bonds. The molecule has 2 heterocycles. The van der Waals surface area contributed by atoms with Gasteiger partial charge in [-0.3, -0.25) is 9.59 Å². The zero-order valence-electron chi connectivity index (χ0n) is 22.0. The van der Waals surface area contributed by atoms with Crippen LogP contribution in [-0.4, -0.2) is 23.3 Å². The molecule has 0 spiro atoms. The third kappa shape index (κ3) is 7.09. The van der Waals surface area contributed by atoms with Gasteiger partial charge in [-0.05, 0) is 60.1 Å². The molecule has 0 fully saturated rings. The summed E-state index contributed by atoms with van der Waals surface area (Å²) in [4.78, 5) is 27.2. The van der Waals surface area contributed by atoms with Crippen molar-refractivity contribution < 1.29 is 14.0 Å². The molecule has 190 valence electrons. The second-order valence-corrected chi connectivity index (χ2v) is 11.3. The van der Waals surface area contributed by atoms with Gasteiger partial charge in [0.25, 0.3) is 0 Å². The fraction of sp³-hybridized carbons (Fsp3) is 0.419. The summed E-state index contributed by atoms with van der Waals surface area (Å²) in [5.74, 6) is 2.33. The lowest BCUT2D eigenvalue weighted by Gasteiger charge is -2.26. The van der Waals surface area contributed by atoms with Gasteiger partial charge >= 0.3 is 0 Å². The highest BCUT2D eigenvalue weighted by atomic mass is 16.3. The molecule has 2 aromatic carbocycles. The molecule has 0 saturated carbocycles. The SMILES string of the molecule is CC(CC(=O)Nc1ccc(-c2cc3c(o2)CCN(C(=O)CCc2ccccc2)C3)cc1)CC(C)(C)C. The fourth-order valence-corrected chi connectivity index (χ4v) is 5.11. The van der Waals surface area contributed by atoms with Gasteiger partial charge in [-0.25, -0.2) is 0 Å². The van der Waals surface area contributed by atoms with Crippen LogP contribution in [0.15, 0.2) is 65.1 Å². The number of rotatable bonds is 8. The second kappa shape index (κ2) is 11.2. The average molecular weight is 487 g/mol. The van der Waals surface area contributed by atoms with Crippen LogP contribution in [0, 0.1) is 11.3 Å². The first kappa shape index (κ1) is 25.7. The van der Waals surface area contributed by atoms with Gasteiger partial charge in [0.05, 0.1) is 0 Å². The molecule has 1 atom stereocenters. The fourth-order valence-electron chi connectivity index (χ4n) is 5.11. The quantitative estimate of drug-likeness (QED) is 0.378. The Morgan fingerprint density at radius 3 is 2.47 bits per heavy atom. The van der Waals surface area contributed by atoms with Gasteiger partial charge in [0, 0.05) is 49.2 Å². The van der Waals surface area contributed by atoms with Crippen LogP contribution in [0.4, 0.5) is 5.69 Å². The van der Waals surface area contributed by atoms with E-state index in [0.717, 1.165) is 47.6 Å². The van der Waals surface area contributed by atoms with Crippen LogP contribution in [0.5, 0.6) is 0 Å². The Morgan fingerprint density at radius 1 is 1.06 bits per heavy atom. The number of fused-ring (bicyclic) bond motifs is 1. The van der Waals surface area contributed by atoms with Crippen molar-refractivity contribution in [2.45, 2.75) is 66.3 Å². The van der Waals surface area contributed by atoms with Crippen molar-refractivity contribution in [1.29, 1.82) is 0 Å². The number of anilines is 1. The van der Waals surface area contributed by atoms with Crippen molar-refractivity contribution in [3.05, 3.63) is 77.6 Å². The van der Waals surface area contributed by atoms with E-state index >= 15 is 0 Å². The topological polar surface area (TPSA) is 62.6 Å². The molecule has 1 aliphatic rings. The predicted octanol–water partition coefficient (Wildman–Crippen LogP) is 6.87. The largest absolute Gasteiger partial charge is 0.461 e. The molecule has 3 aromatic rings. The van der Waals surface area contributed by atoms with Gasteiger partial charge in [-0.2, -0.15) is 0 Å². The van der Waals surface area contributed by atoms with Crippen LogP contribution in [0.3, 0.4) is 0 Å². The molecule has 5 nitrogen and oxygen atoms in total. The first-order valence-corrected chi connectivity index (χ1v) is 13.0. The Hall–Kier alpha value is -3.34. The van der Waals surface area contributed by atoms with Crippen LogP contribution < -0.4 is 5.32 Å². The van der Waals surface area contributed by atoms with E-state index < -0.39 is 0 Å². The van der Waals surface area contributed by atoms with Crippen LogP contribution >= 0.6 is 0 Å². The summed E-state index contributed by atoms with van der Waals surface area (Å²) in [6, 6.07) is 20.0. The molecule has 36 heavy (non-hydrogen) atoms. The minimum absolute atomic E-state index is 0.0463. The maximum atomic E-state index is 12.8. The Morgan fingerprint density at radius 2 is 1.78 bits per heavy atom. The average Bonchev–Trinajstić information content (AvgIpc) is 3.25. The number of nitrogens with zero attached hydrogens (tertiary/aromatic N) is 1. The van der Waals surface area contributed by atoms with Crippen molar-refractivity contribution in [1.82, 2.24) is 4.90 Å². The minimum Gasteiger partial charge on any atom is -0.461 e. The van der Waals surface area contributed by atoms with Crippen molar-refractivity contribution in [2.75, 3.05) is 11.9 Å². The molecule has 0 bridgehead atoms. The molecular formula is C31H38N2O3. The molecule has 0 radical (unpaired) electrons. The molecule has 1 aromatic heterocycles. The van der Waals surface area contributed by atoms with Gasteiger partial charge in [0.15, 0.2) is 0 Å². The summed E-state index contributed by atoms with van der Waals surface area (Å²) >= 11 is 0. The summed E-state index contributed by atoms with van der Waals surface area (Å²) in [6.07, 6.45) is 3.54. The molecule has 0 saturated heterocycles. The Labute approximate surface area is 214 Å². The van der Waals surface area contributed by atoms with E-state index in [2.05, 4.69) is 45.1 Å². The van der Waals surface area contributed by atoms with Crippen LogP contribution in [-0.2, 0) is 29.0 Å². The summed E-state index contributed by atoms with van der Waals surface area (Å²) in [5, 5.41) is 3.01.